The number of hydrogen-bond donors (Lipinski definition) is 5. The molecule has 13 aromatic heterocycles. The summed E-state index contributed by atoms with van der Waals surface area (Å²) in [4.78, 5) is 102. The summed E-state index contributed by atoms with van der Waals surface area (Å²) in [5, 5.41) is 37.7. The van der Waals surface area contributed by atoms with Gasteiger partial charge in [-0.3, -0.25) is 47.8 Å². The van der Waals surface area contributed by atoms with E-state index in [9.17, 15) is 33.9 Å². The maximum atomic E-state index is 13.0. The second-order valence-corrected chi connectivity index (χ2v) is 40.0. The first-order valence-corrected chi connectivity index (χ1v) is 50.3. The van der Waals surface area contributed by atoms with Gasteiger partial charge in [-0.15, -0.1) is 0 Å². The number of esters is 3. The Morgan fingerprint density at radius 1 is 0.447 bits per heavy atom. The van der Waals surface area contributed by atoms with E-state index in [1.54, 1.807) is 43.1 Å². The minimum Gasteiger partial charge on any atom is -1.00 e. The van der Waals surface area contributed by atoms with Gasteiger partial charge in [-0.25, -0.2) is 19.2 Å². The van der Waals surface area contributed by atoms with Gasteiger partial charge in [0.15, 0.2) is 5.78 Å². The molecule has 3 radical (unpaired) electrons. The number of nitrogens with one attached hydrogen (secondary N) is 2. The largest absolute Gasteiger partial charge is 1.00 e. The second-order valence-electron chi connectivity index (χ2n) is 40.0. The number of fused-ring (bicyclic) bond motifs is 4. The number of rotatable bonds is 23. The molecule has 0 aromatic carbocycles. The average Bonchev–Trinajstić information content (AvgIpc) is 1.61. The molecule has 4 aliphatic rings. The molecular weight excluding hydrogens is 1920 g/mol. The van der Waals surface area contributed by atoms with Crippen molar-refractivity contribution in [2.24, 2.45) is 33.9 Å². The third-order valence-electron chi connectivity index (χ3n) is 28.6. The maximum Gasteiger partial charge on any atom is 1.00 e. The topological polar surface area (TPSA) is 383 Å². The number of carboxylic acids is 2. The molecule has 0 amide bonds. The number of ether oxygens (including phenoxy) is 3. The van der Waals surface area contributed by atoms with Gasteiger partial charge >= 0.3 is 83.0 Å². The fourth-order valence-electron chi connectivity index (χ4n) is 20.6. The van der Waals surface area contributed by atoms with Gasteiger partial charge in [0.2, 0.25) is 0 Å². The summed E-state index contributed by atoms with van der Waals surface area (Å²) in [6.07, 6.45) is 24.7. The predicted molar refractivity (Wildman–Crippen MR) is 591 cm³/mol. The number of aryl methyl sites for hydroxylation is 6. The number of carboxylic acid groups (broad SMARTS) is 2. The molecular formula is C112H166BN22Na2O13. The Morgan fingerprint density at radius 3 is 0.980 bits per heavy atom. The minimum absolute atomic E-state index is 0. The van der Waals surface area contributed by atoms with Crippen LogP contribution in [0.1, 0.15) is 263 Å². The Hall–Kier alpha value is -10.5. The number of ketones is 1. The summed E-state index contributed by atoms with van der Waals surface area (Å²) in [6.45, 7) is 39.4. The van der Waals surface area contributed by atoms with Crippen molar-refractivity contribution in [2.75, 3.05) is 115 Å². The monoisotopic (exact) mass is 2080 g/mol. The number of piperidine rings is 4. The number of nitrogens with zero attached hydrogens (tertiary/aromatic N) is 19. The van der Waals surface area contributed by atoms with Gasteiger partial charge in [-0.1, -0.05) is 14.9 Å². The molecule has 3 atom stereocenters. The predicted octanol–water partition coefficient (Wildman–Crippen LogP) is 10.7. The van der Waals surface area contributed by atoms with Crippen molar-refractivity contribution >= 4 is 66.1 Å². The van der Waals surface area contributed by atoms with Gasteiger partial charge in [-0.05, 0) is 324 Å². The number of aromatic carboxylic acids is 1. The molecule has 17 rings (SSSR count). The molecule has 4 saturated heterocycles. The number of aliphatic carboxylic acids is 1. The van der Waals surface area contributed by atoms with Crippen LogP contribution in [0.2, 0.25) is 0 Å². The van der Waals surface area contributed by atoms with Gasteiger partial charge in [0.25, 0.3) is 11.5 Å². The number of aromatic amines is 1. The Bertz CT molecular complexity index is 6500. The van der Waals surface area contributed by atoms with Gasteiger partial charge in [0.05, 0.1) is 69.5 Å². The number of nitrogens with two attached hydrogens (primary N) is 1. The first kappa shape index (κ1) is 130. The zero-order valence-corrected chi connectivity index (χ0v) is 97.1. The molecule has 17 heterocycles. The first-order chi connectivity index (χ1) is 68.2. The van der Waals surface area contributed by atoms with Crippen LogP contribution in [0.3, 0.4) is 0 Å². The number of carbonyl (C=O) groups is 6. The average molecular weight is 2090 g/mol. The quantitative estimate of drug-likeness (QED) is 0.0172. The molecule has 35 nitrogen and oxygen atoms in total. The van der Waals surface area contributed by atoms with E-state index in [4.69, 9.17) is 29.8 Å². The molecule has 0 aliphatic carbocycles. The molecule has 13 aromatic rings. The fourth-order valence-corrected chi connectivity index (χ4v) is 20.6. The van der Waals surface area contributed by atoms with Crippen LogP contribution in [0, 0.1) is 41.5 Å². The van der Waals surface area contributed by atoms with Crippen LogP contribution in [-0.2, 0) is 53.7 Å². The van der Waals surface area contributed by atoms with Crippen LogP contribution in [0.25, 0.3) is 67.1 Å². The van der Waals surface area contributed by atoms with E-state index in [1.165, 1.54) is 32.9 Å². The van der Waals surface area contributed by atoms with Crippen LogP contribution in [0.5, 0.6) is 0 Å². The molecule has 7 N–H and O–H groups in total. The Kier molecular flexibility index (Phi) is 50.7. The molecule has 0 spiro atoms. The minimum atomic E-state index is -0.877. The summed E-state index contributed by atoms with van der Waals surface area (Å²) in [7, 11) is 25.0. The molecule has 4 fully saturated rings. The van der Waals surface area contributed by atoms with Crippen molar-refractivity contribution in [1.29, 1.82) is 0 Å². The van der Waals surface area contributed by atoms with Crippen molar-refractivity contribution in [3.05, 3.63) is 223 Å². The zero-order valence-electron chi connectivity index (χ0n) is 94.1. The van der Waals surface area contributed by atoms with Gasteiger partial charge < -0.3 is 84.6 Å². The molecule has 0 bridgehead atoms. The number of hydrogen-bond acceptors (Lipinski definition) is 24. The molecule has 4 aliphatic heterocycles. The van der Waals surface area contributed by atoms with Crippen molar-refractivity contribution in [2.45, 2.75) is 238 Å². The number of Topliss-reactive ketones (excluding diaryl/α,β-unsaturated/α-hetero) is 1. The number of carbonyl (C=O) groups excluding carboxylic acids is 4. The number of aromatic nitrogens is 13. The van der Waals surface area contributed by atoms with Gasteiger partial charge in [0.1, 0.15) is 0 Å². The summed E-state index contributed by atoms with van der Waals surface area (Å²) in [5.74, 6) is -2.74. The van der Waals surface area contributed by atoms with Crippen LogP contribution in [0.15, 0.2) is 133 Å². The van der Waals surface area contributed by atoms with Crippen molar-refractivity contribution in [3.8, 4) is 45.0 Å². The molecule has 0 saturated carbocycles. The molecule has 807 valence electrons. The van der Waals surface area contributed by atoms with E-state index in [-0.39, 0.29) is 143 Å². The van der Waals surface area contributed by atoms with Gasteiger partial charge in [-0.2, -0.15) is 20.4 Å². The van der Waals surface area contributed by atoms with Crippen molar-refractivity contribution in [3.63, 3.8) is 0 Å². The maximum absolute atomic E-state index is 13.0. The Labute approximate surface area is 934 Å². The Morgan fingerprint density at radius 2 is 0.727 bits per heavy atom. The number of pyridine rings is 5. The normalized spacial score (nSPS) is 14.8. The third kappa shape index (κ3) is 31.7. The SMILES string of the molecule is C.C.CC(=O)O.CCOC(=O)c1cc2cc(-c3ccnn3C)cn2c(C(C)=O)c1C.CN(C)C1CCNCC1.Cc1c(C(=O)O)cc2cc(-c3ccnn3C)cn2c1C(C)N1CCC(N(C)C)CC1.Cc1c(C(=O)OC(C)C)cc2cc(-c3ccnn3C)cn2c1C(C)N1CCC(N(C)C)CC1.Cc1c(C(=O)OC(C)C)cc2cc(-c3ccnn3C)cn2c1C(C)N1CCC(N(C)C)CC1.Cc1cc(C)c(CN)c(=O)[nH]1.[B].[H-].[Na+].[Na+].[OH-]. The van der Waals surface area contributed by atoms with Crippen LogP contribution < -0.4 is 75.7 Å². The van der Waals surface area contributed by atoms with E-state index in [0.29, 0.717) is 70.4 Å². The van der Waals surface area contributed by atoms with Crippen LogP contribution in [0.4, 0.5) is 0 Å². The molecule has 38 heteroatoms. The third-order valence-corrected chi connectivity index (χ3v) is 28.6. The van der Waals surface area contributed by atoms with Crippen LogP contribution >= 0.6 is 0 Å². The second kappa shape index (κ2) is 58.5. The number of likely N-dealkylation sites (tertiary alicyclic amines) is 3. The van der Waals surface area contributed by atoms with E-state index in [0.717, 1.165) is 203 Å². The van der Waals surface area contributed by atoms with E-state index < -0.39 is 17.9 Å². The standard InChI is InChI=1S/2C26H37N5O2.C23H31N5O2.C18H19N3O3.C8H12N2O.C7H16N2.C2H4O2.2CH4.B.2Na.H2O.H/c2*1-17(2)33-26(32)23-15-22-14-20(24-8-11-27-29(24)7)16-31(22)25(18(23)3)19(4)30-12-9-21(10-13-30)28(5)6;1-15-20(23(29)30)13-19-12-17(21-6-9-24-26(21)5)14-28(19)22(15)16(2)27-10-7-18(8-11-27)25(3)4;1-5-24-18(23)15-9-14-8-13(16-6-7-19-20(16)4)10-21(14)17(11(15)2)12(3)22;1-5-3-6(2)10-8(11)7(5)4-9;1-9(2)7-3-5-8-6-4-7;1-2(3)4;;;;;;;/h2*8,11,14-17,19,21H,9-10,12-13H2,1-7H3;6,9,12-14,16,18H,7-8,10-11H2,1-5H3,(H,29,30);6-10H,5H2,1-4H3;3H,4,9H2,1-2H3,(H,10,11);7-8H,3-6H2,1-2H3;1H3,(H,3,4);2*1H4;;;;1H2;/q;;;;;;;;;;2*+1;;-1/p-1. The summed E-state index contributed by atoms with van der Waals surface area (Å²) in [6, 6.07) is 28.8. The summed E-state index contributed by atoms with van der Waals surface area (Å²) in [5.41, 5.74) is 29.1. The smallest absolute Gasteiger partial charge is 1.00 e. The van der Waals surface area contributed by atoms with Crippen molar-refractivity contribution in [1.82, 2.24) is 101 Å². The van der Waals surface area contributed by atoms with E-state index >= 15 is 0 Å². The van der Waals surface area contributed by atoms with Crippen LogP contribution in [-0.4, -0.2) is 307 Å². The van der Waals surface area contributed by atoms with E-state index in [2.05, 4.69) is 206 Å². The zero-order chi connectivity index (χ0) is 105. The fraction of sp³-hybridized carbons (Fsp3) is 0.509. The van der Waals surface area contributed by atoms with Gasteiger partial charge in [0, 0.05) is 261 Å². The molecule has 150 heavy (non-hydrogen) atoms. The van der Waals surface area contributed by atoms with Crippen molar-refractivity contribution < 1.29 is 119 Å². The van der Waals surface area contributed by atoms with E-state index in [1.807, 2.05) is 162 Å². The Balaban J connectivity index is 0.000000385. The summed E-state index contributed by atoms with van der Waals surface area (Å²) >= 11 is 0. The summed E-state index contributed by atoms with van der Waals surface area (Å²) < 4.78 is 32.2. The first-order valence-electron chi connectivity index (χ1n) is 50.3. The molecule has 3 unspecified atom stereocenters. The number of H-pyrrole nitrogens is 1.